The minimum absolute atomic E-state index is 0.149. The van der Waals surface area contributed by atoms with Crippen LogP contribution in [-0.4, -0.2) is 28.2 Å². The fourth-order valence-corrected chi connectivity index (χ4v) is 1.96. The van der Waals surface area contributed by atoms with Gasteiger partial charge in [0.25, 0.3) is 0 Å². The van der Waals surface area contributed by atoms with Crippen molar-refractivity contribution in [3.8, 4) is 0 Å². The van der Waals surface area contributed by atoms with Crippen LogP contribution in [0.3, 0.4) is 0 Å². The lowest BCUT2D eigenvalue weighted by molar-refractivity contribution is 0.170. The molecular formula is C14H23N3O. The number of aromatic nitrogens is 2. The predicted octanol–water partition coefficient (Wildman–Crippen LogP) is 2.48. The number of anilines is 1. The molecule has 1 aromatic heterocycles. The van der Waals surface area contributed by atoms with Crippen LogP contribution in [0, 0.1) is 12.3 Å². The lowest BCUT2D eigenvalue weighted by Gasteiger charge is -2.26. The van der Waals surface area contributed by atoms with Crippen LogP contribution < -0.4 is 5.32 Å². The predicted molar refractivity (Wildman–Crippen MR) is 72.7 cm³/mol. The zero-order chi connectivity index (χ0) is 13.2. The molecule has 0 amide bonds. The van der Waals surface area contributed by atoms with Gasteiger partial charge in [0.2, 0.25) is 5.95 Å². The topological polar surface area (TPSA) is 58.0 Å². The Hall–Kier alpha value is -1.16. The molecule has 0 unspecified atom stereocenters. The van der Waals surface area contributed by atoms with Gasteiger partial charge in [0, 0.05) is 35.9 Å². The van der Waals surface area contributed by atoms with Crippen molar-refractivity contribution in [3.05, 3.63) is 17.5 Å². The van der Waals surface area contributed by atoms with Gasteiger partial charge in [-0.2, -0.15) is 0 Å². The molecule has 1 saturated carbocycles. The normalized spacial score (nSPS) is 16.4. The lowest BCUT2D eigenvalue weighted by Crippen LogP contribution is -2.27. The maximum atomic E-state index is 9.24. The van der Waals surface area contributed by atoms with E-state index in [4.69, 9.17) is 0 Å². The number of rotatable bonds is 5. The Morgan fingerprint density at radius 3 is 2.67 bits per heavy atom. The fourth-order valence-electron chi connectivity index (χ4n) is 1.96. The van der Waals surface area contributed by atoms with E-state index in [0.717, 1.165) is 11.4 Å². The van der Waals surface area contributed by atoms with E-state index in [1.807, 2.05) is 20.8 Å². The van der Waals surface area contributed by atoms with Crippen molar-refractivity contribution in [2.45, 2.75) is 46.0 Å². The number of nitrogens with one attached hydrogen (secondary N) is 1. The van der Waals surface area contributed by atoms with E-state index < -0.39 is 0 Å². The van der Waals surface area contributed by atoms with Crippen molar-refractivity contribution in [3.63, 3.8) is 0 Å². The molecule has 0 spiro atoms. The molecule has 2 N–H and O–H groups in total. The molecule has 1 aromatic rings. The van der Waals surface area contributed by atoms with Gasteiger partial charge in [-0.1, -0.05) is 20.3 Å². The van der Waals surface area contributed by atoms with Crippen molar-refractivity contribution in [2.75, 3.05) is 18.5 Å². The average Bonchev–Trinajstić information content (AvgIpc) is 2.24. The molecule has 0 aromatic carbocycles. The zero-order valence-electron chi connectivity index (χ0n) is 11.5. The molecule has 0 atom stereocenters. The lowest BCUT2D eigenvalue weighted by atomic mass is 9.83. The molecule has 0 bridgehead atoms. The number of aliphatic hydroxyl groups excluding tert-OH is 1. The molecule has 2 rings (SSSR count). The van der Waals surface area contributed by atoms with Gasteiger partial charge >= 0.3 is 0 Å². The van der Waals surface area contributed by atoms with Crippen LogP contribution in [-0.2, 0) is 0 Å². The van der Waals surface area contributed by atoms with E-state index in [1.54, 1.807) is 0 Å². The molecule has 0 radical (unpaired) electrons. The van der Waals surface area contributed by atoms with Gasteiger partial charge in [-0.05, 0) is 25.8 Å². The van der Waals surface area contributed by atoms with E-state index in [2.05, 4.69) is 21.4 Å². The smallest absolute Gasteiger partial charge is 0.223 e. The first-order valence-electron chi connectivity index (χ1n) is 6.70. The summed E-state index contributed by atoms with van der Waals surface area (Å²) in [7, 11) is 0. The van der Waals surface area contributed by atoms with E-state index in [0.29, 0.717) is 18.4 Å². The summed E-state index contributed by atoms with van der Waals surface area (Å²) in [5, 5.41) is 12.5. The molecule has 1 aliphatic rings. The van der Waals surface area contributed by atoms with Crippen LogP contribution in [0.4, 0.5) is 5.95 Å². The molecule has 0 aliphatic heterocycles. The van der Waals surface area contributed by atoms with Gasteiger partial charge in [-0.25, -0.2) is 9.97 Å². The van der Waals surface area contributed by atoms with E-state index in [-0.39, 0.29) is 12.0 Å². The Morgan fingerprint density at radius 1 is 1.39 bits per heavy atom. The molecule has 1 aliphatic carbocycles. The first kappa shape index (κ1) is 13.3. The van der Waals surface area contributed by atoms with E-state index >= 15 is 0 Å². The van der Waals surface area contributed by atoms with Gasteiger partial charge in [0.05, 0.1) is 0 Å². The quantitative estimate of drug-likeness (QED) is 0.841. The highest BCUT2D eigenvalue weighted by atomic mass is 16.3. The molecular weight excluding hydrogens is 226 g/mol. The Morgan fingerprint density at radius 2 is 2.11 bits per heavy atom. The maximum Gasteiger partial charge on any atom is 0.223 e. The van der Waals surface area contributed by atoms with Crippen molar-refractivity contribution in [1.29, 1.82) is 0 Å². The highest BCUT2D eigenvalue weighted by Crippen LogP contribution is 2.35. The Labute approximate surface area is 109 Å². The zero-order valence-corrected chi connectivity index (χ0v) is 11.5. The second-order valence-corrected chi connectivity index (χ2v) is 6.06. The number of nitrogens with zero attached hydrogens (tertiary/aromatic N) is 2. The third kappa shape index (κ3) is 3.19. The molecule has 1 heterocycles. The fraction of sp³-hybridized carbons (Fsp3) is 0.714. The molecule has 100 valence electrons. The highest BCUT2D eigenvalue weighted by molar-refractivity contribution is 5.30. The molecule has 18 heavy (non-hydrogen) atoms. The van der Waals surface area contributed by atoms with Crippen LogP contribution in [0.1, 0.15) is 50.4 Å². The van der Waals surface area contributed by atoms with Crippen molar-refractivity contribution >= 4 is 5.95 Å². The molecule has 1 fully saturated rings. The van der Waals surface area contributed by atoms with Crippen molar-refractivity contribution in [2.24, 2.45) is 5.41 Å². The van der Waals surface area contributed by atoms with Crippen LogP contribution in [0.5, 0.6) is 0 Å². The summed E-state index contributed by atoms with van der Waals surface area (Å²) in [6, 6.07) is 2.09. The third-order valence-corrected chi connectivity index (χ3v) is 3.55. The molecule has 4 nitrogen and oxygen atoms in total. The summed E-state index contributed by atoms with van der Waals surface area (Å²) >= 11 is 0. The largest absolute Gasteiger partial charge is 0.396 e. The van der Waals surface area contributed by atoms with E-state index in [1.165, 1.54) is 19.3 Å². The second kappa shape index (κ2) is 5.22. The number of hydrogen-bond acceptors (Lipinski definition) is 4. The summed E-state index contributed by atoms with van der Waals surface area (Å²) in [5.41, 5.74) is 2.03. The number of aryl methyl sites for hydroxylation is 1. The van der Waals surface area contributed by atoms with Crippen LogP contribution in [0.25, 0.3) is 0 Å². The van der Waals surface area contributed by atoms with Crippen LogP contribution in [0.15, 0.2) is 6.07 Å². The number of aliphatic hydroxyl groups is 1. The third-order valence-electron chi connectivity index (χ3n) is 3.55. The second-order valence-electron chi connectivity index (χ2n) is 6.06. The summed E-state index contributed by atoms with van der Waals surface area (Å²) in [6.07, 6.45) is 3.81. The van der Waals surface area contributed by atoms with Crippen molar-refractivity contribution < 1.29 is 5.11 Å². The minimum atomic E-state index is -0.149. The van der Waals surface area contributed by atoms with Gasteiger partial charge in [-0.3, -0.25) is 0 Å². The molecule has 0 saturated heterocycles. The Bertz CT molecular complexity index is 414. The van der Waals surface area contributed by atoms with Gasteiger partial charge < -0.3 is 10.4 Å². The summed E-state index contributed by atoms with van der Waals surface area (Å²) in [6.45, 7) is 6.87. The van der Waals surface area contributed by atoms with Gasteiger partial charge in [-0.15, -0.1) is 0 Å². The summed E-state index contributed by atoms with van der Waals surface area (Å²) < 4.78 is 0. The first-order chi connectivity index (χ1) is 8.50. The number of hydrogen-bond donors (Lipinski definition) is 2. The highest BCUT2D eigenvalue weighted by Gasteiger charge is 2.22. The summed E-state index contributed by atoms with van der Waals surface area (Å²) in [5.74, 6) is 1.32. The first-order valence-corrected chi connectivity index (χ1v) is 6.70. The SMILES string of the molecule is Cc1cc(C2CCC2)nc(NCC(C)(C)CO)n1. The Balaban J connectivity index is 2.05. The standard InChI is InChI=1S/C14H23N3O/c1-10-7-12(11-5-4-6-11)17-13(16-10)15-8-14(2,3)9-18/h7,11,18H,4-6,8-9H2,1-3H3,(H,15,16,17). The van der Waals surface area contributed by atoms with Crippen LogP contribution >= 0.6 is 0 Å². The van der Waals surface area contributed by atoms with E-state index in [9.17, 15) is 5.11 Å². The molecule has 4 heteroatoms. The van der Waals surface area contributed by atoms with Crippen molar-refractivity contribution in [1.82, 2.24) is 9.97 Å². The average molecular weight is 249 g/mol. The van der Waals surface area contributed by atoms with Crippen LogP contribution in [0.2, 0.25) is 0 Å². The summed E-state index contributed by atoms with van der Waals surface area (Å²) in [4.78, 5) is 9.00. The van der Waals surface area contributed by atoms with Gasteiger partial charge in [0.1, 0.15) is 0 Å². The van der Waals surface area contributed by atoms with Gasteiger partial charge in [0.15, 0.2) is 0 Å². The monoisotopic (exact) mass is 249 g/mol. The Kier molecular flexibility index (Phi) is 3.85. The minimum Gasteiger partial charge on any atom is -0.396 e. The maximum absolute atomic E-state index is 9.24.